The average Bonchev–Trinajstić information content (AvgIpc) is 2.77. The predicted octanol–water partition coefficient (Wildman–Crippen LogP) is 2.61. The molecule has 1 atom stereocenters. The van der Waals surface area contributed by atoms with Crippen molar-refractivity contribution in [3.8, 4) is 0 Å². The van der Waals surface area contributed by atoms with Crippen LogP contribution < -0.4 is 9.62 Å². The Morgan fingerprint density at radius 3 is 2.29 bits per heavy atom. The smallest absolute Gasteiger partial charge is 0.271 e. The molecule has 2 aromatic carbocycles. The summed E-state index contributed by atoms with van der Waals surface area (Å²) in [5.74, 6) is -0.940. The Balaban J connectivity index is 2.50. The van der Waals surface area contributed by atoms with Crippen LogP contribution >= 0.6 is 0 Å². The summed E-state index contributed by atoms with van der Waals surface area (Å²) in [6, 6.07) is 12.1. The number of nitro groups is 1. The van der Waals surface area contributed by atoms with Crippen LogP contribution in [0.15, 0.2) is 48.5 Å². The maximum Gasteiger partial charge on any atom is 0.271 e. The molecule has 0 unspecified atom stereocenters. The lowest BCUT2D eigenvalue weighted by Gasteiger charge is -2.33. The van der Waals surface area contributed by atoms with E-state index < -0.39 is 33.4 Å². The third-order valence-corrected chi connectivity index (χ3v) is 6.41. The first-order valence-corrected chi connectivity index (χ1v) is 12.7. The molecule has 0 aromatic heterocycles. The third kappa shape index (κ3) is 6.77. The summed E-state index contributed by atoms with van der Waals surface area (Å²) in [4.78, 5) is 38.2. The largest absolute Gasteiger partial charge is 0.355 e. The number of likely N-dealkylation sites (N-methyl/N-ethyl adjacent to an activating group) is 1. The zero-order chi connectivity index (χ0) is 25.5. The predicted molar refractivity (Wildman–Crippen MR) is 130 cm³/mol. The molecular weight excluding hydrogens is 460 g/mol. The van der Waals surface area contributed by atoms with E-state index in [2.05, 4.69) is 5.32 Å². The van der Waals surface area contributed by atoms with Gasteiger partial charge in [0.25, 0.3) is 5.69 Å². The van der Waals surface area contributed by atoms with Crippen molar-refractivity contribution in [2.45, 2.75) is 39.8 Å². The highest BCUT2D eigenvalue weighted by Crippen LogP contribution is 2.28. The van der Waals surface area contributed by atoms with Crippen molar-refractivity contribution in [2.24, 2.45) is 0 Å². The number of non-ortho nitro benzene ring substituents is 1. The summed E-state index contributed by atoms with van der Waals surface area (Å²) >= 11 is 0. The van der Waals surface area contributed by atoms with Gasteiger partial charge in [-0.2, -0.15) is 0 Å². The van der Waals surface area contributed by atoms with Gasteiger partial charge in [-0.15, -0.1) is 0 Å². The van der Waals surface area contributed by atoms with Crippen LogP contribution in [0.4, 0.5) is 11.4 Å². The fraction of sp³-hybridized carbons (Fsp3) is 0.391. The van der Waals surface area contributed by atoms with Gasteiger partial charge >= 0.3 is 0 Å². The number of nitro benzene ring substituents is 1. The number of carbonyl (C=O) groups is 2. The van der Waals surface area contributed by atoms with Crippen molar-refractivity contribution in [1.29, 1.82) is 0 Å². The Kier molecular flexibility index (Phi) is 9.13. The van der Waals surface area contributed by atoms with Crippen LogP contribution in [0.5, 0.6) is 0 Å². The molecule has 0 spiro atoms. The Morgan fingerprint density at radius 2 is 1.76 bits per heavy atom. The number of nitrogens with zero attached hydrogens (tertiary/aromatic N) is 3. The molecule has 0 aliphatic carbocycles. The standard InChI is InChI=1S/C23H30N4O6S/c1-5-20(23(29)24-6-2)25(15-18-10-8-7-9-11-18)22(28)16-26(34(4,32)33)21-14-19(27(30)31)13-12-17(21)3/h7-14,20H,5-6,15-16H2,1-4H3,(H,24,29)/t20-/m1/s1. The average molecular weight is 491 g/mol. The molecule has 0 bridgehead atoms. The molecule has 0 saturated heterocycles. The van der Waals surface area contributed by atoms with Crippen LogP contribution in [-0.4, -0.2) is 55.4 Å². The fourth-order valence-corrected chi connectivity index (χ4v) is 4.47. The zero-order valence-electron chi connectivity index (χ0n) is 19.7. The number of sulfonamides is 1. The first-order valence-electron chi connectivity index (χ1n) is 10.8. The molecule has 34 heavy (non-hydrogen) atoms. The zero-order valence-corrected chi connectivity index (χ0v) is 20.5. The Bertz CT molecular complexity index is 1140. The molecule has 0 radical (unpaired) electrons. The lowest BCUT2D eigenvalue weighted by molar-refractivity contribution is -0.384. The summed E-state index contributed by atoms with van der Waals surface area (Å²) in [5.41, 5.74) is 0.970. The van der Waals surface area contributed by atoms with Crippen molar-refractivity contribution in [1.82, 2.24) is 10.2 Å². The van der Waals surface area contributed by atoms with Crippen molar-refractivity contribution in [2.75, 3.05) is 23.7 Å². The van der Waals surface area contributed by atoms with Crippen molar-refractivity contribution >= 4 is 33.2 Å². The molecule has 11 heteroatoms. The van der Waals surface area contributed by atoms with E-state index in [1.165, 1.54) is 17.0 Å². The van der Waals surface area contributed by atoms with E-state index in [9.17, 15) is 28.1 Å². The molecule has 0 aliphatic rings. The molecule has 1 N–H and O–H groups in total. The quantitative estimate of drug-likeness (QED) is 0.381. The molecule has 0 heterocycles. The van der Waals surface area contributed by atoms with E-state index in [4.69, 9.17) is 0 Å². The lowest BCUT2D eigenvalue weighted by Crippen LogP contribution is -2.52. The van der Waals surface area contributed by atoms with Gasteiger partial charge in [-0.25, -0.2) is 8.42 Å². The van der Waals surface area contributed by atoms with Gasteiger partial charge < -0.3 is 10.2 Å². The fourth-order valence-electron chi connectivity index (χ4n) is 3.57. The van der Waals surface area contributed by atoms with E-state index >= 15 is 0 Å². The second kappa shape index (κ2) is 11.6. The second-order valence-electron chi connectivity index (χ2n) is 7.82. The number of benzene rings is 2. The number of aryl methyl sites for hydroxylation is 1. The van der Waals surface area contributed by atoms with Crippen molar-refractivity contribution in [3.63, 3.8) is 0 Å². The van der Waals surface area contributed by atoms with Crippen LogP contribution in [0.3, 0.4) is 0 Å². The van der Waals surface area contributed by atoms with Crippen LogP contribution in [-0.2, 0) is 26.2 Å². The lowest BCUT2D eigenvalue weighted by atomic mass is 10.1. The molecule has 2 amide bonds. The van der Waals surface area contributed by atoms with E-state index in [-0.39, 0.29) is 23.8 Å². The maximum absolute atomic E-state index is 13.5. The highest BCUT2D eigenvalue weighted by molar-refractivity contribution is 7.92. The summed E-state index contributed by atoms with van der Waals surface area (Å²) in [6.45, 7) is 5.01. The van der Waals surface area contributed by atoms with Gasteiger partial charge in [0.15, 0.2) is 0 Å². The Hall–Kier alpha value is -3.47. The minimum absolute atomic E-state index is 0.0377. The summed E-state index contributed by atoms with van der Waals surface area (Å²) in [5, 5.41) is 14.0. The van der Waals surface area contributed by atoms with Gasteiger partial charge in [0.05, 0.1) is 16.9 Å². The number of anilines is 1. The van der Waals surface area contributed by atoms with Crippen molar-refractivity contribution in [3.05, 3.63) is 69.8 Å². The minimum Gasteiger partial charge on any atom is -0.355 e. The summed E-state index contributed by atoms with van der Waals surface area (Å²) in [6.07, 6.45) is 1.25. The summed E-state index contributed by atoms with van der Waals surface area (Å²) < 4.78 is 26.2. The number of amides is 2. The van der Waals surface area contributed by atoms with E-state index in [1.807, 2.05) is 18.2 Å². The minimum atomic E-state index is -3.98. The van der Waals surface area contributed by atoms with Gasteiger partial charge in [-0.1, -0.05) is 43.3 Å². The van der Waals surface area contributed by atoms with Gasteiger partial charge in [0, 0.05) is 25.2 Å². The molecule has 0 saturated carbocycles. The third-order valence-electron chi connectivity index (χ3n) is 5.28. The molecule has 2 rings (SSSR count). The SMILES string of the molecule is CCNC(=O)[C@@H](CC)N(Cc1ccccc1)C(=O)CN(c1cc([N+](=O)[O-])ccc1C)S(C)(=O)=O. The topological polar surface area (TPSA) is 130 Å². The highest BCUT2D eigenvalue weighted by atomic mass is 32.2. The van der Waals surface area contributed by atoms with E-state index in [1.54, 1.807) is 32.9 Å². The second-order valence-corrected chi connectivity index (χ2v) is 9.73. The molecule has 0 fully saturated rings. The monoisotopic (exact) mass is 490 g/mol. The highest BCUT2D eigenvalue weighted by Gasteiger charge is 2.32. The van der Waals surface area contributed by atoms with E-state index in [0.29, 0.717) is 18.5 Å². The molecule has 0 aliphatic heterocycles. The van der Waals surface area contributed by atoms with E-state index in [0.717, 1.165) is 22.2 Å². The molecule has 184 valence electrons. The first kappa shape index (κ1) is 26.8. The van der Waals surface area contributed by atoms with Crippen LogP contribution in [0.25, 0.3) is 0 Å². The van der Waals surface area contributed by atoms with Gasteiger partial charge in [-0.3, -0.25) is 24.0 Å². The van der Waals surface area contributed by atoms with Gasteiger partial charge in [0.1, 0.15) is 12.6 Å². The van der Waals surface area contributed by atoms with Crippen LogP contribution in [0.2, 0.25) is 0 Å². The number of hydrogen-bond acceptors (Lipinski definition) is 6. The maximum atomic E-state index is 13.5. The molecule has 2 aromatic rings. The number of hydrogen-bond donors (Lipinski definition) is 1. The first-order chi connectivity index (χ1) is 16.0. The Morgan fingerprint density at radius 1 is 1.12 bits per heavy atom. The van der Waals surface area contributed by atoms with Crippen LogP contribution in [0.1, 0.15) is 31.4 Å². The number of carbonyl (C=O) groups excluding carboxylic acids is 2. The van der Waals surface area contributed by atoms with Crippen molar-refractivity contribution < 1.29 is 22.9 Å². The normalized spacial score (nSPS) is 12.0. The number of rotatable bonds is 11. The van der Waals surface area contributed by atoms with Gasteiger partial charge in [-0.05, 0) is 31.4 Å². The van der Waals surface area contributed by atoms with Crippen LogP contribution in [0, 0.1) is 17.0 Å². The van der Waals surface area contributed by atoms with Gasteiger partial charge in [0.2, 0.25) is 21.8 Å². The molecule has 10 nitrogen and oxygen atoms in total. The molecular formula is C23H30N4O6S. The Labute approximate surface area is 199 Å². The summed E-state index contributed by atoms with van der Waals surface area (Å²) in [7, 11) is -3.98. The number of nitrogens with one attached hydrogen (secondary N) is 1.